The first-order chi connectivity index (χ1) is 6.18. The fourth-order valence-corrected chi connectivity index (χ4v) is 0.952. The number of rotatable bonds is 4. The Balaban J connectivity index is 2.37. The summed E-state index contributed by atoms with van der Waals surface area (Å²) in [5.41, 5.74) is 1.13. The van der Waals surface area contributed by atoms with Crippen LogP contribution in [0.1, 0.15) is 5.56 Å². The molecule has 3 nitrogen and oxygen atoms in total. The summed E-state index contributed by atoms with van der Waals surface area (Å²) in [5.74, 6) is 0.849. The van der Waals surface area contributed by atoms with Crippen LogP contribution in [0.4, 0.5) is 0 Å². The van der Waals surface area contributed by atoms with E-state index in [2.05, 4.69) is 9.88 Å². The van der Waals surface area contributed by atoms with Crippen molar-refractivity contribution in [1.29, 1.82) is 0 Å². The molecule has 0 bridgehead atoms. The first-order valence-electron chi connectivity index (χ1n) is 4.37. The Kier molecular flexibility index (Phi) is 3.71. The molecule has 0 N–H and O–H groups in total. The summed E-state index contributed by atoms with van der Waals surface area (Å²) in [6.45, 7) is 3.64. The molecule has 1 rings (SSSR count). The van der Waals surface area contributed by atoms with Gasteiger partial charge in [-0.3, -0.25) is 4.98 Å². The molecule has 0 atom stereocenters. The van der Waals surface area contributed by atoms with Crippen molar-refractivity contribution in [2.45, 2.75) is 6.92 Å². The molecule has 0 aliphatic rings. The van der Waals surface area contributed by atoms with E-state index >= 15 is 0 Å². The van der Waals surface area contributed by atoms with Crippen LogP contribution in [0.5, 0.6) is 5.75 Å². The van der Waals surface area contributed by atoms with Crippen molar-refractivity contribution in [3.63, 3.8) is 0 Å². The van der Waals surface area contributed by atoms with Crippen LogP contribution in [-0.4, -0.2) is 37.1 Å². The van der Waals surface area contributed by atoms with Crippen LogP contribution in [0.15, 0.2) is 18.5 Å². The van der Waals surface area contributed by atoms with Crippen LogP contribution in [0.25, 0.3) is 0 Å². The number of nitrogens with zero attached hydrogens (tertiary/aromatic N) is 2. The van der Waals surface area contributed by atoms with E-state index in [1.807, 2.05) is 33.3 Å². The topological polar surface area (TPSA) is 25.4 Å². The third kappa shape index (κ3) is 3.90. The highest BCUT2D eigenvalue weighted by atomic mass is 16.5. The summed E-state index contributed by atoms with van der Waals surface area (Å²) in [5, 5.41) is 0. The van der Waals surface area contributed by atoms with Gasteiger partial charge >= 0.3 is 0 Å². The highest BCUT2D eigenvalue weighted by Gasteiger charge is 1.95. The Morgan fingerprint density at radius 1 is 1.38 bits per heavy atom. The molecule has 0 unspecified atom stereocenters. The van der Waals surface area contributed by atoms with Gasteiger partial charge in [-0.05, 0) is 32.6 Å². The van der Waals surface area contributed by atoms with Gasteiger partial charge in [-0.2, -0.15) is 0 Å². The van der Waals surface area contributed by atoms with E-state index in [4.69, 9.17) is 4.74 Å². The third-order valence-corrected chi connectivity index (χ3v) is 1.66. The van der Waals surface area contributed by atoms with Gasteiger partial charge in [-0.15, -0.1) is 0 Å². The zero-order chi connectivity index (χ0) is 9.68. The van der Waals surface area contributed by atoms with Crippen LogP contribution in [-0.2, 0) is 0 Å². The lowest BCUT2D eigenvalue weighted by atomic mass is 10.3. The second kappa shape index (κ2) is 4.82. The van der Waals surface area contributed by atoms with Gasteiger partial charge in [0.1, 0.15) is 12.4 Å². The largest absolute Gasteiger partial charge is 0.491 e. The van der Waals surface area contributed by atoms with E-state index in [-0.39, 0.29) is 0 Å². The number of hydrogen-bond acceptors (Lipinski definition) is 3. The third-order valence-electron chi connectivity index (χ3n) is 1.66. The van der Waals surface area contributed by atoms with Gasteiger partial charge in [0.05, 0.1) is 6.20 Å². The molecule has 0 aromatic carbocycles. The quantitative estimate of drug-likeness (QED) is 0.699. The minimum atomic E-state index is 0.706. The van der Waals surface area contributed by atoms with Gasteiger partial charge in [0.15, 0.2) is 0 Å². The van der Waals surface area contributed by atoms with Crippen molar-refractivity contribution in [3.8, 4) is 5.75 Å². The first-order valence-corrected chi connectivity index (χ1v) is 4.37. The average molecular weight is 180 g/mol. The Hall–Kier alpha value is -1.09. The summed E-state index contributed by atoms with van der Waals surface area (Å²) in [6, 6.07) is 1.99. The van der Waals surface area contributed by atoms with Crippen LogP contribution < -0.4 is 4.74 Å². The number of pyridine rings is 1. The molecule has 72 valence electrons. The minimum absolute atomic E-state index is 0.706. The van der Waals surface area contributed by atoms with Gasteiger partial charge in [-0.25, -0.2) is 0 Å². The molecule has 0 amide bonds. The molecule has 3 heteroatoms. The molecule has 0 aliphatic carbocycles. The van der Waals surface area contributed by atoms with Crippen molar-refractivity contribution in [3.05, 3.63) is 24.0 Å². The second-order valence-electron chi connectivity index (χ2n) is 3.35. The lowest BCUT2D eigenvalue weighted by Crippen LogP contribution is -2.19. The Morgan fingerprint density at radius 2 is 2.15 bits per heavy atom. The van der Waals surface area contributed by atoms with Crippen molar-refractivity contribution >= 4 is 0 Å². The average Bonchev–Trinajstić information content (AvgIpc) is 2.03. The zero-order valence-corrected chi connectivity index (χ0v) is 8.45. The molecular weight excluding hydrogens is 164 g/mol. The molecule has 1 heterocycles. The summed E-state index contributed by atoms with van der Waals surface area (Å²) in [7, 11) is 4.05. The maximum absolute atomic E-state index is 5.49. The molecule has 0 saturated heterocycles. The summed E-state index contributed by atoms with van der Waals surface area (Å²) in [6.07, 6.45) is 3.56. The highest BCUT2D eigenvalue weighted by molar-refractivity contribution is 5.22. The van der Waals surface area contributed by atoms with Gasteiger partial charge < -0.3 is 9.64 Å². The first kappa shape index (κ1) is 9.99. The highest BCUT2D eigenvalue weighted by Crippen LogP contribution is 2.09. The van der Waals surface area contributed by atoms with E-state index < -0.39 is 0 Å². The second-order valence-corrected chi connectivity index (χ2v) is 3.35. The molecule has 13 heavy (non-hydrogen) atoms. The Morgan fingerprint density at radius 3 is 2.77 bits per heavy atom. The van der Waals surface area contributed by atoms with Crippen LogP contribution in [0, 0.1) is 6.92 Å². The van der Waals surface area contributed by atoms with Crippen LogP contribution in [0.2, 0.25) is 0 Å². The van der Waals surface area contributed by atoms with Gasteiger partial charge in [0, 0.05) is 12.7 Å². The number of aromatic nitrogens is 1. The SMILES string of the molecule is Cc1cncc(OCCN(C)C)c1. The molecule has 0 aliphatic heterocycles. The summed E-state index contributed by atoms with van der Waals surface area (Å²) < 4.78 is 5.49. The normalized spacial score (nSPS) is 10.5. The molecule has 0 spiro atoms. The maximum Gasteiger partial charge on any atom is 0.137 e. The Labute approximate surface area is 79.3 Å². The van der Waals surface area contributed by atoms with Gasteiger partial charge in [-0.1, -0.05) is 0 Å². The zero-order valence-electron chi connectivity index (χ0n) is 8.45. The fraction of sp³-hybridized carbons (Fsp3) is 0.500. The smallest absolute Gasteiger partial charge is 0.137 e. The van der Waals surface area contributed by atoms with Crippen molar-refractivity contribution in [2.24, 2.45) is 0 Å². The number of ether oxygens (including phenoxy) is 1. The molecule has 0 saturated carbocycles. The van der Waals surface area contributed by atoms with Crippen LogP contribution in [0.3, 0.4) is 0 Å². The standard InChI is InChI=1S/C10H16N2O/c1-9-6-10(8-11-7-9)13-5-4-12(2)3/h6-8H,4-5H2,1-3H3. The van der Waals surface area contributed by atoms with Crippen molar-refractivity contribution < 1.29 is 4.74 Å². The monoisotopic (exact) mass is 180 g/mol. The molecule has 0 radical (unpaired) electrons. The number of hydrogen-bond donors (Lipinski definition) is 0. The predicted octanol–water partition coefficient (Wildman–Crippen LogP) is 1.33. The lowest BCUT2D eigenvalue weighted by molar-refractivity contribution is 0.260. The van der Waals surface area contributed by atoms with E-state index in [0.29, 0.717) is 6.61 Å². The number of likely N-dealkylation sites (N-methyl/N-ethyl adjacent to an activating group) is 1. The lowest BCUT2D eigenvalue weighted by Gasteiger charge is -2.10. The van der Waals surface area contributed by atoms with E-state index in [1.165, 1.54) is 0 Å². The van der Waals surface area contributed by atoms with E-state index in [0.717, 1.165) is 17.9 Å². The van der Waals surface area contributed by atoms with Crippen LogP contribution >= 0.6 is 0 Å². The fourth-order valence-electron chi connectivity index (χ4n) is 0.952. The summed E-state index contributed by atoms with van der Waals surface area (Å²) >= 11 is 0. The van der Waals surface area contributed by atoms with Gasteiger partial charge in [0.25, 0.3) is 0 Å². The molecule has 0 fully saturated rings. The molecule has 1 aromatic heterocycles. The predicted molar refractivity (Wildman–Crippen MR) is 53.0 cm³/mol. The van der Waals surface area contributed by atoms with Crippen molar-refractivity contribution in [1.82, 2.24) is 9.88 Å². The van der Waals surface area contributed by atoms with E-state index in [9.17, 15) is 0 Å². The van der Waals surface area contributed by atoms with Gasteiger partial charge in [0.2, 0.25) is 0 Å². The van der Waals surface area contributed by atoms with E-state index in [1.54, 1.807) is 6.20 Å². The number of aryl methyl sites for hydroxylation is 1. The van der Waals surface area contributed by atoms with Crippen molar-refractivity contribution in [2.75, 3.05) is 27.2 Å². The Bertz CT molecular complexity index is 261. The molecule has 1 aromatic rings. The molecular formula is C10H16N2O. The maximum atomic E-state index is 5.49. The summed E-state index contributed by atoms with van der Waals surface area (Å²) in [4.78, 5) is 6.13. The minimum Gasteiger partial charge on any atom is -0.491 e.